The number of nitrogens with zero attached hydrogens (tertiary/aromatic N) is 1. The molecule has 0 fully saturated rings. The monoisotopic (exact) mass is 303 g/mol. The number of carbonyl (C=O) groups excluding carboxylic acids is 1. The lowest BCUT2D eigenvalue weighted by molar-refractivity contribution is -0.135. The van der Waals surface area contributed by atoms with Crippen molar-refractivity contribution in [1.82, 2.24) is 0 Å². The zero-order valence-electron chi connectivity index (χ0n) is 7.28. The van der Waals surface area contributed by atoms with Crippen molar-refractivity contribution in [3.8, 4) is 6.07 Å². The van der Waals surface area contributed by atoms with Gasteiger partial charge in [0.05, 0.1) is 7.11 Å². The van der Waals surface area contributed by atoms with E-state index in [1.54, 1.807) is 18.2 Å². The number of carbonyl (C=O) groups is 1. The average Bonchev–Trinajstić information content (AvgIpc) is 2.59. The summed E-state index contributed by atoms with van der Waals surface area (Å²) in [6, 6.07) is 5.14. The fraction of sp³-hybridized carbons (Fsp3) is 0.111. The number of rotatable bonds is 2. The quantitative estimate of drug-likeness (QED) is 0.363. The lowest BCUT2D eigenvalue weighted by Gasteiger charge is -1.93. The highest BCUT2D eigenvalue weighted by Gasteiger charge is 2.09. The minimum Gasteiger partial charge on any atom is -0.465 e. The molecule has 0 aliphatic rings. The molecule has 14 heavy (non-hydrogen) atoms. The van der Waals surface area contributed by atoms with Gasteiger partial charge in [-0.2, -0.15) is 5.26 Å². The SMILES string of the molecule is COC(=O)/C(C#N)=C/c1ccc(I)o1. The third kappa shape index (κ3) is 2.60. The molecule has 72 valence electrons. The number of hydrogen-bond acceptors (Lipinski definition) is 4. The van der Waals surface area contributed by atoms with Crippen LogP contribution in [0, 0.1) is 15.1 Å². The summed E-state index contributed by atoms with van der Waals surface area (Å²) in [6.45, 7) is 0. The molecule has 1 rings (SSSR count). The molecule has 0 aliphatic heterocycles. The smallest absolute Gasteiger partial charge is 0.348 e. The third-order valence-corrected chi connectivity index (χ3v) is 1.99. The van der Waals surface area contributed by atoms with Gasteiger partial charge in [-0.3, -0.25) is 0 Å². The van der Waals surface area contributed by atoms with Gasteiger partial charge in [-0.05, 0) is 34.7 Å². The molecule has 0 spiro atoms. The van der Waals surface area contributed by atoms with E-state index >= 15 is 0 Å². The highest BCUT2D eigenvalue weighted by atomic mass is 127. The van der Waals surface area contributed by atoms with Crippen LogP contribution in [0.3, 0.4) is 0 Å². The van der Waals surface area contributed by atoms with Crippen molar-refractivity contribution in [2.24, 2.45) is 0 Å². The fourth-order valence-corrected chi connectivity index (χ4v) is 1.23. The lowest BCUT2D eigenvalue weighted by atomic mass is 10.2. The Morgan fingerprint density at radius 1 is 1.71 bits per heavy atom. The zero-order chi connectivity index (χ0) is 10.6. The Balaban J connectivity index is 2.96. The standard InChI is InChI=1S/C9H6INO3/c1-13-9(12)6(5-11)4-7-2-3-8(10)14-7/h2-4H,1H3/b6-4+. The predicted octanol–water partition coefficient (Wildman–Crippen LogP) is 1.96. The van der Waals surface area contributed by atoms with Crippen LogP contribution in [-0.4, -0.2) is 13.1 Å². The van der Waals surface area contributed by atoms with Crippen LogP contribution in [0.25, 0.3) is 6.08 Å². The molecule has 0 N–H and O–H groups in total. The van der Waals surface area contributed by atoms with E-state index in [4.69, 9.17) is 9.68 Å². The number of methoxy groups -OCH3 is 1. The molecule has 0 radical (unpaired) electrons. The molecule has 4 nitrogen and oxygen atoms in total. The van der Waals surface area contributed by atoms with Gasteiger partial charge in [-0.15, -0.1) is 0 Å². The van der Waals surface area contributed by atoms with Gasteiger partial charge >= 0.3 is 5.97 Å². The highest BCUT2D eigenvalue weighted by molar-refractivity contribution is 14.1. The fourth-order valence-electron chi connectivity index (χ4n) is 0.795. The lowest BCUT2D eigenvalue weighted by Crippen LogP contribution is -2.02. The van der Waals surface area contributed by atoms with Gasteiger partial charge in [-0.1, -0.05) is 0 Å². The summed E-state index contributed by atoms with van der Waals surface area (Å²) in [4.78, 5) is 11.0. The molecule has 1 heterocycles. The molecular weight excluding hydrogens is 297 g/mol. The molecule has 1 aromatic heterocycles. The normalized spacial score (nSPS) is 10.8. The summed E-state index contributed by atoms with van der Waals surface area (Å²) < 4.78 is 10.3. The van der Waals surface area contributed by atoms with Gasteiger partial charge in [-0.25, -0.2) is 4.79 Å². The molecule has 0 unspecified atom stereocenters. The van der Waals surface area contributed by atoms with E-state index in [1.165, 1.54) is 13.2 Å². The molecule has 0 atom stereocenters. The number of esters is 1. The molecular formula is C9H6INO3. The minimum atomic E-state index is -0.668. The van der Waals surface area contributed by atoms with Crippen molar-refractivity contribution >= 4 is 34.6 Å². The van der Waals surface area contributed by atoms with Crippen molar-refractivity contribution in [2.75, 3.05) is 7.11 Å². The summed E-state index contributed by atoms with van der Waals surface area (Å²) in [6.07, 6.45) is 1.34. The predicted molar refractivity (Wildman–Crippen MR) is 57.0 cm³/mol. The first-order chi connectivity index (χ1) is 6.67. The van der Waals surface area contributed by atoms with Crippen molar-refractivity contribution in [1.29, 1.82) is 5.26 Å². The number of hydrogen-bond donors (Lipinski definition) is 0. The number of ether oxygens (including phenoxy) is 1. The number of nitriles is 1. The Hall–Kier alpha value is -1.29. The Morgan fingerprint density at radius 2 is 2.43 bits per heavy atom. The van der Waals surface area contributed by atoms with Gasteiger partial charge in [0.1, 0.15) is 17.4 Å². The first-order valence-electron chi connectivity index (χ1n) is 3.63. The Labute approximate surface area is 94.3 Å². The maximum absolute atomic E-state index is 11.0. The molecule has 0 aromatic carbocycles. The Bertz CT molecular complexity index is 414. The van der Waals surface area contributed by atoms with E-state index in [9.17, 15) is 4.79 Å². The van der Waals surface area contributed by atoms with Gasteiger partial charge in [0.25, 0.3) is 0 Å². The van der Waals surface area contributed by atoms with Crippen LogP contribution >= 0.6 is 22.6 Å². The van der Waals surface area contributed by atoms with E-state index in [2.05, 4.69) is 4.74 Å². The second-order valence-corrected chi connectivity index (χ2v) is 3.37. The van der Waals surface area contributed by atoms with Crippen molar-refractivity contribution in [2.45, 2.75) is 0 Å². The van der Waals surface area contributed by atoms with Crippen molar-refractivity contribution in [3.63, 3.8) is 0 Å². The van der Waals surface area contributed by atoms with Crippen LogP contribution in [0.2, 0.25) is 0 Å². The van der Waals surface area contributed by atoms with Crippen LogP contribution in [0.1, 0.15) is 5.76 Å². The molecule has 5 heteroatoms. The topological polar surface area (TPSA) is 63.2 Å². The zero-order valence-corrected chi connectivity index (χ0v) is 9.44. The number of furan rings is 1. The second-order valence-electron chi connectivity index (χ2n) is 2.30. The van der Waals surface area contributed by atoms with Crippen LogP contribution in [0.4, 0.5) is 0 Å². The molecule has 0 bridgehead atoms. The summed E-state index contributed by atoms with van der Waals surface area (Å²) in [5, 5.41) is 8.63. The van der Waals surface area contributed by atoms with Crippen molar-refractivity contribution < 1.29 is 13.9 Å². The molecule has 1 aromatic rings. The maximum Gasteiger partial charge on any atom is 0.348 e. The largest absolute Gasteiger partial charge is 0.465 e. The van der Waals surface area contributed by atoms with Crippen LogP contribution < -0.4 is 0 Å². The third-order valence-electron chi connectivity index (χ3n) is 1.41. The van der Waals surface area contributed by atoms with Gasteiger partial charge in [0, 0.05) is 6.08 Å². The van der Waals surface area contributed by atoms with E-state index < -0.39 is 5.97 Å². The summed E-state index contributed by atoms with van der Waals surface area (Å²) in [5.41, 5.74) is -0.0850. The summed E-state index contributed by atoms with van der Waals surface area (Å²) >= 11 is 1.99. The Kier molecular flexibility index (Phi) is 3.71. The van der Waals surface area contributed by atoms with Crippen LogP contribution in [0.15, 0.2) is 22.1 Å². The van der Waals surface area contributed by atoms with Gasteiger partial charge in [0.2, 0.25) is 0 Å². The molecule has 0 saturated heterocycles. The number of halogens is 1. The maximum atomic E-state index is 11.0. The van der Waals surface area contributed by atoms with E-state index in [0.29, 0.717) is 9.53 Å². The molecule has 0 aliphatic carbocycles. The highest BCUT2D eigenvalue weighted by Crippen LogP contribution is 2.13. The van der Waals surface area contributed by atoms with Gasteiger partial charge < -0.3 is 9.15 Å². The Morgan fingerprint density at radius 3 is 2.86 bits per heavy atom. The average molecular weight is 303 g/mol. The molecule has 0 amide bonds. The van der Waals surface area contributed by atoms with Crippen LogP contribution in [0.5, 0.6) is 0 Å². The second kappa shape index (κ2) is 4.81. The molecule has 0 saturated carbocycles. The van der Waals surface area contributed by atoms with E-state index in [-0.39, 0.29) is 5.57 Å². The summed E-state index contributed by atoms with van der Waals surface area (Å²) in [5.74, 6) is -0.213. The van der Waals surface area contributed by atoms with Crippen LogP contribution in [-0.2, 0) is 9.53 Å². The first kappa shape index (κ1) is 10.8. The van der Waals surface area contributed by atoms with E-state index in [1.807, 2.05) is 22.6 Å². The first-order valence-corrected chi connectivity index (χ1v) is 4.70. The van der Waals surface area contributed by atoms with Gasteiger partial charge in [0.15, 0.2) is 3.77 Å². The van der Waals surface area contributed by atoms with Crippen molar-refractivity contribution in [3.05, 3.63) is 27.2 Å². The van der Waals surface area contributed by atoms with E-state index in [0.717, 1.165) is 0 Å². The minimum absolute atomic E-state index is 0.0850. The summed E-state index contributed by atoms with van der Waals surface area (Å²) in [7, 11) is 1.22.